The molecule has 1 aliphatic heterocycles. The number of hydrogen-bond donors (Lipinski definition) is 2. The molecule has 1 atom stereocenters. The fourth-order valence-electron chi connectivity index (χ4n) is 3.69. The molecule has 0 radical (unpaired) electrons. The van der Waals surface area contributed by atoms with E-state index in [-0.39, 0.29) is 29.2 Å². The first-order chi connectivity index (χ1) is 14.1. The third-order valence-corrected chi connectivity index (χ3v) is 4.91. The highest BCUT2D eigenvalue weighted by Crippen LogP contribution is 2.45. The Kier molecular flexibility index (Phi) is 4.72. The zero-order valence-electron chi connectivity index (χ0n) is 16.0. The van der Waals surface area contributed by atoms with Crippen molar-refractivity contribution in [3.05, 3.63) is 81.5 Å². The molecule has 148 valence electrons. The predicted octanol–water partition coefficient (Wildman–Crippen LogP) is 2.79. The van der Waals surface area contributed by atoms with Crippen LogP contribution in [-0.2, 0) is 9.53 Å². The molecule has 2 aromatic carbocycles. The topological polar surface area (TPSA) is 104 Å². The average molecular weight is 392 g/mol. The van der Waals surface area contributed by atoms with Gasteiger partial charge >= 0.3 is 5.97 Å². The number of ether oxygens (including phenoxy) is 3. The number of hydrogen-bond acceptors (Lipinski definition) is 6. The molecule has 0 amide bonds. The lowest BCUT2D eigenvalue weighted by atomic mass is 9.82. The Bertz CT molecular complexity index is 1200. The zero-order valence-corrected chi connectivity index (χ0v) is 16.0. The number of fused-ring (bicyclic) bond motifs is 3. The number of rotatable bonds is 4. The molecule has 1 aliphatic rings. The van der Waals surface area contributed by atoms with Crippen LogP contribution in [0.15, 0.2) is 64.8 Å². The number of benzene rings is 2. The summed E-state index contributed by atoms with van der Waals surface area (Å²) in [7, 11) is 1.53. The maximum atomic E-state index is 13.1. The second-order valence-corrected chi connectivity index (χ2v) is 6.52. The Morgan fingerprint density at radius 1 is 1.17 bits per heavy atom. The number of pyridine rings is 1. The quantitative estimate of drug-likeness (QED) is 0.662. The number of para-hydroxylation sites is 2. The smallest absolute Gasteiger partial charge is 0.340 e. The van der Waals surface area contributed by atoms with Crippen LogP contribution in [0.4, 0.5) is 0 Å². The summed E-state index contributed by atoms with van der Waals surface area (Å²) in [6.45, 7) is 1.86. The molecule has 2 heterocycles. The van der Waals surface area contributed by atoms with Gasteiger partial charge in [-0.3, -0.25) is 4.79 Å². The van der Waals surface area contributed by atoms with Gasteiger partial charge in [0.1, 0.15) is 17.1 Å². The molecule has 0 spiro atoms. The summed E-state index contributed by atoms with van der Waals surface area (Å²) >= 11 is 0. The van der Waals surface area contributed by atoms with E-state index in [0.29, 0.717) is 28.0 Å². The minimum absolute atomic E-state index is 0.0737. The highest BCUT2D eigenvalue weighted by atomic mass is 16.5. The van der Waals surface area contributed by atoms with Crippen molar-refractivity contribution < 1.29 is 19.0 Å². The van der Waals surface area contributed by atoms with E-state index in [0.717, 1.165) is 0 Å². The number of aromatic amines is 1. The van der Waals surface area contributed by atoms with Gasteiger partial charge in [-0.25, -0.2) is 4.79 Å². The molecule has 0 fully saturated rings. The maximum absolute atomic E-state index is 13.1. The molecule has 3 aromatic rings. The van der Waals surface area contributed by atoms with E-state index in [9.17, 15) is 9.59 Å². The Morgan fingerprint density at radius 3 is 2.66 bits per heavy atom. The number of H-pyrrole nitrogens is 1. The fraction of sp³-hybridized carbons (Fsp3) is 0.182. The van der Waals surface area contributed by atoms with Crippen LogP contribution in [0.5, 0.6) is 11.5 Å². The number of methoxy groups -OCH3 is 1. The van der Waals surface area contributed by atoms with Crippen LogP contribution in [0, 0.1) is 0 Å². The molecule has 29 heavy (non-hydrogen) atoms. The van der Waals surface area contributed by atoms with E-state index < -0.39 is 11.9 Å². The van der Waals surface area contributed by atoms with Crippen molar-refractivity contribution in [2.24, 2.45) is 5.73 Å². The maximum Gasteiger partial charge on any atom is 0.340 e. The molecule has 0 saturated heterocycles. The van der Waals surface area contributed by atoms with Crippen LogP contribution < -0.4 is 20.8 Å². The fourth-order valence-corrected chi connectivity index (χ4v) is 3.69. The average Bonchev–Trinajstić information content (AvgIpc) is 2.73. The number of carbonyl (C=O) groups excluding carboxylic acids is 1. The summed E-state index contributed by atoms with van der Waals surface area (Å²) in [5, 5.41) is 0.688. The minimum atomic E-state index is -0.803. The molecule has 7 nitrogen and oxygen atoms in total. The lowest BCUT2D eigenvalue weighted by molar-refractivity contribution is -0.139. The summed E-state index contributed by atoms with van der Waals surface area (Å²) in [5.74, 6) is -0.692. The number of carbonyl (C=O) groups is 1. The van der Waals surface area contributed by atoms with Gasteiger partial charge in [0.05, 0.1) is 30.7 Å². The van der Waals surface area contributed by atoms with Crippen molar-refractivity contribution in [2.75, 3.05) is 13.7 Å². The van der Waals surface area contributed by atoms with E-state index in [2.05, 4.69) is 4.98 Å². The number of nitrogens with one attached hydrogen (secondary N) is 1. The second kappa shape index (κ2) is 7.35. The van der Waals surface area contributed by atoms with Crippen LogP contribution in [0.1, 0.15) is 24.0 Å². The first-order valence-corrected chi connectivity index (χ1v) is 9.19. The number of aromatic nitrogens is 1. The predicted molar refractivity (Wildman–Crippen MR) is 108 cm³/mol. The van der Waals surface area contributed by atoms with Gasteiger partial charge in [0.2, 0.25) is 5.88 Å². The molecule has 1 aromatic heterocycles. The van der Waals surface area contributed by atoms with E-state index >= 15 is 0 Å². The highest BCUT2D eigenvalue weighted by Gasteiger charge is 2.39. The van der Waals surface area contributed by atoms with Crippen molar-refractivity contribution in [2.45, 2.75) is 12.8 Å². The van der Waals surface area contributed by atoms with Crippen molar-refractivity contribution in [3.8, 4) is 11.5 Å². The van der Waals surface area contributed by atoms with E-state index in [1.54, 1.807) is 31.2 Å². The Balaban J connectivity index is 2.07. The van der Waals surface area contributed by atoms with E-state index in [1.165, 1.54) is 7.11 Å². The van der Waals surface area contributed by atoms with E-state index in [1.807, 2.05) is 24.3 Å². The summed E-state index contributed by atoms with van der Waals surface area (Å²) in [6, 6.07) is 14.4. The van der Waals surface area contributed by atoms with Gasteiger partial charge in [-0.05, 0) is 25.1 Å². The molecule has 4 rings (SSSR count). The summed E-state index contributed by atoms with van der Waals surface area (Å²) in [6.07, 6.45) is 0. The largest absolute Gasteiger partial charge is 0.496 e. The SMILES string of the molecule is CCOC(=O)C1=C(N)Oc2c(c(=O)[nH]c3ccccc23)[C@@H]1c1ccccc1OC. The first-order valence-electron chi connectivity index (χ1n) is 9.19. The van der Waals surface area contributed by atoms with Crippen LogP contribution in [0.2, 0.25) is 0 Å². The Labute approximate surface area is 166 Å². The van der Waals surface area contributed by atoms with Gasteiger partial charge in [-0.2, -0.15) is 0 Å². The van der Waals surface area contributed by atoms with Gasteiger partial charge in [0, 0.05) is 10.9 Å². The molecule has 0 saturated carbocycles. The van der Waals surface area contributed by atoms with Crippen LogP contribution in [0.3, 0.4) is 0 Å². The molecule has 3 N–H and O–H groups in total. The summed E-state index contributed by atoms with van der Waals surface area (Å²) in [5.41, 5.74) is 7.40. The standard InChI is InChI=1S/C22H20N2O5/c1-3-28-22(26)18-16(13-9-5-7-11-15(13)27-2)17-19(29-20(18)23)12-8-4-6-10-14(12)24-21(17)25/h4-11,16H,3,23H2,1-2H3,(H,24,25)/t16-/m0/s1. The highest BCUT2D eigenvalue weighted by molar-refractivity contribution is 5.95. The van der Waals surface area contributed by atoms with Crippen molar-refractivity contribution >= 4 is 16.9 Å². The van der Waals surface area contributed by atoms with Crippen molar-refractivity contribution in [3.63, 3.8) is 0 Å². The summed E-state index contributed by atoms with van der Waals surface area (Å²) < 4.78 is 16.5. The van der Waals surface area contributed by atoms with Gasteiger partial charge in [-0.1, -0.05) is 30.3 Å². The zero-order chi connectivity index (χ0) is 20.5. The van der Waals surface area contributed by atoms with E-state index in [4.69, 9.17) is 19.9 Å². The Morgan fingerprint density at radius 2 is 1.90 bits per heavy atom. The molecule has 0 aliphatic carbocycles. The molecular formula is C22H20N2O5. The second-order valence-electron chi connectivity index (χ2n) is 6.52. The van der Waals surface area contributed by atoms with Gasteiger partial charge in [-0.15, -0.1) is 0 Å². The van der Waals surface area contributed by atoms with Gasteiger partial charge < -0.3 is 24.9 Å². The molecular weight excluding hydrogens is 372 g/mol. The molecule has 0 bridgehead atoms. The Hall–Kier alpha value is -3.74. The van der Waals surface area contributed by atoms with Crippen LogP contribution >= 0.6 is 0 Å². The van der Waals surface area contributed by atoms with Gasteiger partial charge in [0.25, 0.3) is 5.56 Å². The lowest BCUT2D eigenvalue weighted by Crippen LogP contribution is -2.32. The van der Waals surface area contributed by atoms with Gasteiger partial charge in [0.15, 0.2) is 0 Å². The molecule has 7 heteroatoms. The lowest BCUT2D eigenvalue weighted by Gasteiger charge is -2.29. The third-order valence-electron chi connectivity index (χ3n) is 4.91. The minimum Gasteiger partial charge on any atom is -0.496 e. The monoisotopic (exact) mass is 392 g/mol. The van der Waals surface area contributed by atoms with Crippen molar-refractivity contribution in [1.82, 2.24) is 4.98 Å². The first kappa shape index (κ1) is 18.6. The number of nitrogens with two attached hydrogens (primary N) is 1. The summed E-state index contributed by atoms with van der Waals surface area (Å²) in [4.78, 5) is 28.8. The van der Waals surface area contributed by atoms with Crippen molar-refractivity contribution in [1.29, 1.82) is 0 Å². The third kappa shape index (κ3) is 3.00. The van der Waals surface area contributed by atoms with Crippen LogP contribution in [0.25, 0.3) is 10.9 Å². The van der Waals surface area contributed by atoms with Crippen LogP contribution in [-0.4, -0.2) is 24.7 Å². The normalized spacial score (nSPS) is 15.6. The molecule has 0 unspecified atom stereocenters. The number of esters is 1.